The van der Waals surface area contributed by atoms with Crippen LogP contribution in [-0.4, -0.2) is 37.0 Å². The van der Waals surface area contributed by atoms with Crippen LogP contribution in [0.2, 0.25) is 0 Å². The van der Waals surface area contributed by atoms with Gasteiger partial charge in [0.1, 0.15) is 0 Å². The molecule has 1 aliphatic heterocycles. The summed E-state index contributed by atoms with van der Waals surface area (Å²) in [5.41, 5.74) is 1.83. The van der Waals surface area contributed by atoms with Gasteiger partial charge in [-0.1, -0.05) is 22.4 Å². The number of likely N-dealkylation sites (tertiary alicyclic amines) is 1. The van der Waals surface area contributed by atoms with Gasteiger partial charge in [-0.15, -0.1) is 0 Å². The molecule has 1 aromatic rings. The first-order chi connectivity index (χ1) is 9.65. The normalized spacial score (nSPS) is 16.1. The van der Waals surface area contributed by atoms with Gasteiger partial charge in [-0.2, -0.15) is 0 Å². The van der Waals surface area contributed by atoms with Crippen LogP contribution in [0, 0.1) is 6.92 Å². The minimum atomic E-state index is 0.0213. The number of carbonyl (C=O) groups is 1. The topological polar surface area (TPSA) is 32.3 Å². The van der Waals surface area contributed by atoms with Crippen molar-refractivity contribution in [1.29, 1.82) is 0 Å². The van der Waals surface area contributed by atoms with Crippen molar-refractivity contribution in [2.75, 3.05) is 26.2 Å². The lowest BCUT2D eigenvalue weighted by Crippen LogP contribution is -2.33. The van der Waals surface area contributed by atoms with E-state index in [9.17, 15) is 4.79 Å². The quantitative estimate of drug-likeness (QED) is 0.835. The molecule has 0 saturated carbocycles. The fourth-order valence-electron chi connectivity index (χ4n) is 2.66. The number of piperidine rings is 1. The summed E-state index contributed by atoms with van der Waals surface area (Å²) in [4.78, 5) is 14.6. The Morgan fingerprint density at radius 2 is 2.00 bits per heavy atom. The number of nitrogens with zero attached hydrogens (tertiary/aromatic N) is 1. The smallest absolute Gasteiger partial charge is 0.251 e. The van der Waals surface area contributed by atoms with Crippen LogP contribution in [0.25, 0.3) is 0 Å². The first-order valence-electron chi connectivity index (χ1n) is 7.43. The van der Waals surface area contributed by atoms with Crippen molar-refractivity contribution in [1.82, 2.24) is 10.2 Å². The highest BCUT2D eigenvalue weighted by Crippen LogP contribution is 2.15. The minimum Gasteiger partial charge on any atom is -0.352 e. The highest BCUT2D eigenvalue weighted by molar-refractivity contribution is 9.10. The number of halogens is 1. The van der Waals surface area contributed by atoms with Gasteiger partial charge in [0.15, 0.2) is 0 Å². The number of hydrogen-bond donors (Lipinski definition) is 1. The summed E-state index contributed by atoms with van der Waals surface area (Å²) < 4.78 is 0.955. The van der Waals surface area contributed by atoms with Crippen LogP contribution in [0.5, 0.6) is 0 Å². The van der Waals surface area contributed by atoms with Gasteiger partial charge < -0.3 is 10.2 Å². The van der Waals surface area contributed by atoms with E-state index in [-0.39, 0.29) is 5.91 Å². The van der Waals surface area contributed by atoms with Crippen molar-refractivity contribution < 1.29 is 4.79 Å². The van der Waals surface area contributed by atoms with Crippen LogP contribution in [0.1, 0.15) is 41.6 Å². The molecule has 20 heavy (non-hydrogen) atoms. The molecule has 1 heterocycles. The summed E-state index contributed by atoms with van der Waals surface area (Å²) in [6.45, 7) is 6.29. The Kier molecular flexibility index (Phi) is 6.05. The maximum Gasteiger partial charge on any atom is 0.251 e. The highest BCUT2D eigenvalue weighted by Gasteiger charge is 2.10. The maximum atomic E-state index is 12.1. The fraction of sp³-hybridized carbons (Fsp3) is 0.562. The van der Waals surface area contributed by atoms with E-state index in [0.717, 1.165) is 35.1 Å². The van der Waals surface area contributed by atoms with Gasteiger partial charge in [0.2, 0.25) is 0 Å². The second kappa shape index (κ2) is 7.79. The summed E-state index contributed by atoms with van der Waals surface area (Å²) in [7, 11) is 0. The van der Waals surface area contributed by atoms with Crippen LogP contribution in [0.15, 0.2) is 22.7 Å². The molecule has 1 saturated heterocycles. The van der Waals surface area contributed by atoms with Crippen LogP contribution >= 0.6 is 15.9 Å². The number of amides is 1. The Hall–Kier alpha value is -0.870. The van der Waals surface area contributed by atoms with E-state index in [0.29, 0.717) is 0 Å². The molecule has 3 nitrogen and oxygen atoms in total. The van der Waals surface area contributed by atoms with Crippen molar-refractivity contribution in [3.05, 3.63) is 33.8 Å². The zero-order valence-corrected chi connectivity index (χ0v) is 13.7. The number of hydrogen-bond acceptors (Lipinski definition) is 2. The number of benzene rings is 1. The molecule has 2 rings (SSSR count). The van der Waals surface area contributed by atoms with E-state index in [1.807, 2.05) is 25.1 Å². The van der Waals surface area contributed by atoms with E-state index in [1.54, 1.807) is 0 Å². The number of carbonyl (C=O) groups excluding carboxylic acids is 1. The molecule has 0 atom stereocenters. The Bertz CT molecular complexity index is 436. The van der Waals surface area contributed by atoms with Crippen LogP contribution in [-0.2, 0) is 0 Å². The van der Waals surface area contributed by atoms with Gasteiger partial charge in [0, 0.05) is 16.6 Å². The molecule has 1 aliphatic rings. The zero-order valence-electron chi connectivity index (χ0n) is 12.1. The van der Waals surface area contributed by atoms with E-state index < -0.39 is 0 Å². The van der Waals surface area contributed by atoms with Crippen molar-refractivity contribution in [3.8, 4) is 0 Å². The average Bonchev–Trinajstić information content (AvgIpc) is 2.43. The molecule has 0 aliphatic carbocycles. The van der Waals surface area contributed by atoms with E-state index in [4.69, 9.17) is 0 Å². The fourth-order valence-corrected chi connectivity index (χ4v) is 3.26. The van der Waals surface area contributed by atoms with Gasteiger partial charge in [-0.3, -0.25) is 4.79 Å². The molecular weight excluding hydrogens is 316 g/mol. The first-order valence-corrected chi connectivity index (χ1v) is 8.22. The maximum absolute atomic E-state index is 12.1. The summed E-state index contributed by atoms with van der Waals surface area (Å²) in [6, 6.07) is 5.80. The molecule has 1 amide bonds. The Morgan fingerprint density at radius 1 is 1.25 bits per heavy atom. The summed E-state index contributed by atoms with van der Waals surface area (Å²) in [6.07, 6.45) is 5.04. The second-order valence-corrected chi connectivity index (χ2v) is 6.44. The van der Waals surface area contributed by atoms with Gasteiger partial charge >= 0.3 is 0 Å². The molecule has 110 valence electrons. The van der Waals surface area contributed by atoms with Crippen molar-refractivity contribution >= 4 is 21.8 Å². The third-order valence-corrected chi connectivity index (χ3v) is 4.15. The Balaban J connectivity index is 1.71. The third-order valence-electron chi connectivity index (χ3n) is 3.69. The van der Waals surface area contributed by atoms with Crippen LogP contribution < -0.4 is 5.32 Å². The predicted octanol–water partition coefficient (Wildman–Crippen LogP) is 3.36. The third kappa shape index (κ3) is 4.91. The highest BCUT2D eigenvalue weighted by atomic mass is 79.9. The van der Waals surface area contributed by atoms with Crippen molar-refractivity contribution in [2.24, 2.45) is 0 Å². The van der Waals surface area contributed by atoms with Crippen LogP contribution in [0.4, 0.5) is 0 Å². The molecule has 4 heteroatoms. The van der Waals surface area contributed by atoms with Crippen molar-refractivity contribution in [3.63, 3.8) is 0 Å². The number of aryl methyl sites for hydroxylation is 1. The Morgan fingerprint density at radius 3 is 2.70 bits per heavy atom. The first kappa shape index (κ1) is 15.5. The van der Waals surface area contributed by atoms with Gasteiger partial charge in [0.25, 0.3) is 5.91 Å². The molecule has 1 fully saturated rings. The van der Waals surface area contributed by atoms with E-state index in [2.05, 4.69) is 26.1 Å². The summed E-state index contributed by atoms with van der Waals surface area (Å²) in [5.74, 6) is 0.0213. The summed E-state index contributed by atoms with van der Waals surface area (Å²) in [5, 5.41) is 3.01. The van der Waals surface area contributed by atoms with E-state index in [1.165, 1.54) is 32.4 Å². The number of rotatable bonds is 5. The van der Waals surface area contributed by atoms with Crippen molar-refractivity contribution in [2.45, 2.75) is 32.6 Å². The summed E-state index contributed by atoms with van der Waals surface area (Å²) >= 11 is 3.43. The zero-order chi connectivity index (χ0) is 14.4. The SMILES string of the molecule is Cc1cc(Br)cc(C(=O)NCCCN2CCCCC2)c1. The van der Waals surface area contributed by atoms with E-state index >= 15 is 0 Å². The lowest BCUT2D eigenvalue weighted by atomic mass is 10.1. The lowest BCUT2D eigenvalue weighted by Gasteiger charge is -2.26. The molecular formula is C16H23BrN2O. The molecule has 0 bridgehead atoms. The van der Waals surface area contributed by atoms with Gasteiger partial charge in [-0.25, -0.2) is 0 Å². The standard InChI is InChI=1S/C16H23BrN2O/c1-13-10-14(12-15(17)11-13)16(20)18-6-5-9-19-7-3-2-4-8-19/h10-12H,2-9H2,1H3,(H,18,20). The number of nitrogens with one attached hydrogen (secondary N) is 1. The average molecular weight is 339 g/mol. The largest absolute Gasteiger partial charge is 0.352 e. The monoisotopic (exact) mass is 338 g/mol. The van der Waals surface area contributed by atoms with Crippen LogP contribution in [0.3, 0.4) is 0 Å². The van der Waals surface area contributed by atoms with Gasteiger partial charge in [0.05, 0.1) is 0 Å². The second-order valence-electron chi connectivity index (χ2n) is 5.53. The molecule has 0 aromatic heterocycles. The van der Waals surface area contributed by atoms with Gasteiger partial charge in [-0.05, 0) is 69.6 Å². The molecule has 0 unspecified atom stereocenters. The molecule has 0 spiro atoms. The minimum absolute atomic E-state index is 0.0213. The molecule has 1 aromatic carbocycles. The molecule has 0 radical (unpaired) electrons. The predicted molar refractivity (Wildman–Crippen MR) is 86.1 cm³/mol. The molecule has 1 N–H and O–H groups in total. The Labute approximate surface area is 129 Å². The lowest BCUT2D eigenvalue weighted by molar-refractivity contribution is 0.0951.